The van der Waals surface area contributed by atoms with Crippen molar-refractivity contribution in [1.82, 2.24) is 14.8 Å². The molecule has 0 aliphatic heterocycles. The summed E-state index contributed by atoms with van der Waals surface area (Å²) in [5.41, 5.74) is 0.702. The smallest absolute Gasteiger partial charge is 0.234 e. The molecule has 0 bridgehead atoms. The molecular weight excluding hydrogens is 428 g/mol. The first-order valence-electron chi connectivity index (χ1n) is 10.1. The monoisotopic (exact) mass is 454 g/mol. The van der Waals surface area contributed by atoms with Crippen LogP contribution in [0.2, 0.25) is 0 Å². The third-order valence-electron chi connectivity index (χ3n) is 4.31. The van der Waals surface area contributed by atoms with E-state index in [0.29, 0.717) is 35.6 Å². The van der Waals surface area contributed by atoms with E-state index in [4.69, 9.17) is 14.2 Å². The molecule has 0 unspecified atom stereocenters. The number of allylic oxidation sites excluding steroid dienone is 1. The van der Waals surface area contributed by atoms with Crippen LogP contribution in [0.5, 0.6) is 17.2 Å². The fraction of sp³-hybridized carbons (Fsp3) is 0.261. The minimum Gasteiger partial charge on any atom is -0.497 e. The summed E-state index contributed by atoms with van der Waals surface area (Å²) in [6.45, 7) is 7.11. The van der Waals surface area contributed by atoms with Crippen molar-refractivity contribution in [3.05, 3.63) is 67.0 Å². The highest BCUT2D eigenvalue weighted by molar-refractivity contribution is 7.99. The van der Waals surface area contributed by atoms with Crippen LogP contribution < -0.4 is 19.5 Å². The lowest BCUT2D eigenvalue weighted by atomic mass is 10.3. The summed E-state index contributed by atoms with van der Waals surface area (Å²) in [6.07, 6.45) is 1.76. The molecule has 1 aromatic heterocycles. The normalized spacial score (nSPS) is 10.4. The fourth-order valence-corrected chi connectivity index (χ4v) is 3.56. The summed E-state index contributed by atoms with van der Waals surface area (Å²) in [6, 6.07) is 14.6. The van der Waals surface area contributed by atoms with Gasteiger partial charge in [0.1, 0.15) is 23.9 Å². The lowest BCUT2D eigenvalue weighted by Crippen LogP contribution is -2.15. The first kappa shape index (κ1) is 23.2. The largest absolute Gasteiger partial charge is 0.497 e. The highest BCUT2D eigenvalue weighted by Gasteiger charge is 2.14. The van der Waals surface area contributed by atoms with Crippen LogP contribution in [0.4, 0.5) is 5.69 Å². The van der Waals surface area contributed by atoms with E-state index in [2.05, 4.69) is 22.1 Å². The number of amides is 1. The second-order valence-electron chi connectivity index (χ2n) is 6.56. The fourth-order valence-electron chi connectivity index (χ4n) is 2.79. The van der Waals surface area contributed by atoms with Gasteiger partial charge in [0.05, 0.1) is 19.5 Å². The number of thioether (sulfide) groups is 1. The second kappa shape index (κ2) is 11.8. The Balaban J connectivity index is 1.57. The maximum atomic E-state index is 12.3. The van der Waals surface area contributed by atoms with Crippen LogP contribution in [0.15, 0.2) is 66.3 Å². The number of hydrogen-bond acceptors (Lipinski definition) is 7. The predicted molar refractivity (Wildman–Crippen MR) is 125 cm³/mol. The van der Waals surface area contributed by atoms with Crippen molar-refractivity contribution in [3.63, 3.8) is 0 Å². The van der Waals surface area contributed by atoms with Crippen molar-refractivity contribution in [2.24, 2.45) is 0 Å². The van der Waals surface area contributed by atoms with Gasteiger partial charge in [-0.2, -0.15) is 0 Å². The maximum absolute atomic E-state index is 12.3. The van der Waals surface area contributed by atoms with Crippen molar-refractivity contribution in [2.75, 3.05) is 24.8 Å². The number of carbonyl (C=O) groups is 1. The lowest BCUT2D eigenvalue weighted by Gasteiger charge is -2.10. The van der Waals surface area contributed by atoms with Gasteiger partial charge < -0.3 is 19.5 Å². The van der Waals surface area contributed by atoms with E-state index >= 15 is 0 Å². The number of nitrogens with one attached hydrogen (secondary N) is 1. The highest BCUT2D eigenvalue weighted by Crippen LogP contribution is 2.21. The number of ether oxygens (including phenoxy) is 3. The van der Waals surface area contributed by atoms with E-state index in [0.717, 1.165) is 11.5 Å². The van der Waals surface area contributed by atoms with Gasteiger partial charge in [-0.15, -0.1) is 16.8 Å². The quantitative estimate of drug-likeness (QED) is 0.324. The zero-order chi connectivity index (χ0) is 22.8. The molecule has 9 heteroatoms. The Hall–Kier alpha value is -3.46. The van der Waals surface area contributed by atoms with Crippen LogP contribution in [0.25, 0.3) is 0 Å². The Morgan fingerprint density at radius 3 is 2.34 bits per heavy atom. The summed E-state index contributed by atoms with van der Waals surface area (Å²) in [7, 11) is 1.60. The summed E-state index contributed by atoms with van der Waals surface area (Å²) in [5, 5.41) is 11.9. The van der Waals surface area contributed by atoms with E-state index in [9.17, 15) is 4.79 Å². The molecule has 3 rings (SSSR count). The van der Waals surface area contributed by atoms with Gasteiger partial charge in [-0.3, -0.25) is 9.36 Å². The summed E-state index contributed by atoms with van der Waals surface area (Å²) in [5.74, 6) is 2.93. The molecule has 8 nitrogen and oxygen atoms in total. The molecule has 32 heavy (non-hydrogen) atoms. The number of carbonyl (C=O) groups excluding carboxylic acids is 1. The average molecular weight is 455 g/mol. The van der Waals surface area contributed by atoms with E-state index < -0.39 is 0 Å². The number of hydrogen-bond donors (Lipinski definition) is 1. The predicted octanol–water partition coefficient (Wildman–Crippen LogP) is 4.18. The van der Waals surface area contributed by atoms with Gasteiger partial charge in [0.25, 0.3) is 0 Å². The lowest BCUT2D eigenvalue weighted by molar-refractivity contribution is -0.113. The van der Waals surface area contributed by atoms with E-state index in [1.54, 1.807) is 37.5 Å². The van der Waals surface area contributed by atoms with Crippen LogP contribution in [-0.2, 0) is 17.9 Å². The van der Waals surface area contributed by atoms with Gasteiger partial charge in [-0.25, -0.2) is 0 Å². The third-order valence-corrected chi connectivity index (χ3v) is 5.28. The van der Waals surface area contributed by atoms with Crippen molar-refractivity contribution >= 4 is 23.4 Å². The summed E-state index contributed by atoms with van der Waals surface area (Å²) >= 11 is 1.30. The van der Waals surface area contributed by atoms with Gasteiger partial charge in [0, 0.05) is 12.2 Å². The van der Waals surface area contributed by atoms with Crippen LogP contribution in [0.1, 0.15) is 12.7 Å². The molecule has 0 saturated carbocycles. The molecule has 0 fully saturated rings. The number of anilines is 1. The molecule has 1 amide bonds. The molecule has 1 N–H and O–H groups in total. The first-order chi connectivity index (χ1) is 15.6. The standard InChI is InChI=1S/C23H26N4O4S/c1-4-14-27-21(15-31-20-12-10-19(11-13-20)30-5-2)25-26-23(27)32-16-22(28)24-17-6-8-18(29-3)9-7-17/h4,6-13H,1,5,14-16H2,2-3H3,(H,24,28). The number of rotatable bonds is 12. The molecule has 2 aromatic carbocycles. The highest BCUT2D eigenvalue weighted by atomic mass is 32.2. The van der Waals surface area contributed by atoms with Gasteiger partial charge in [-0.05, 0) is 55.5 Å². The molecule has 0 atom stereocenters. The second-order valence-corrected chi connectivity index (χ2v) is 7.50. The number of methoxy groups -OCH3 is 1. The van der Waals surface area contributed by atoms with Crippen LogP contribution in [0, 0.1) is 0 Å². The van der Waals surface area contributed by atoms with Crippen molar-refractivity contribution < 1.29 is 19.0 Å². The molecule has 1 heterocycles. The SMILES string of the molecule is C=CCn1c(COc2ccc(OCC)cc2)nnc1SCC(=O)Nc1ccc(OC)cc1. The van der Waals surface area contributed by atoms with Gasteiger partial charge in [-0.1, -0.05) is 17.8 Å². The Bertz CT molecular complexity index is 1020. The van der Waals surface area contributed by atoms with Crippen molar-refractivity contribution in [2.45, 2.75) is 25.2 Å². The zero-order valence-corrected chi connectivity index (χ0v) is 18.9. The first-order valence-corrected chi connectivity index (χ1v) is 11.1. The number of nitrogens with zero attached hydrogens (tertiary/aromatic N) is 3. The molecule has 0 spiro atoms. The van der Waals surface area contributed by atoms with E-state index in [1.165, 1.54) is 11.8 Å². The Labute approximate surface area is 191 Å². The third kappa shape index (κ3) is 6.52. The minimum absolute atomic E-state index is 0.138. The van der Waals surface area contributed by atoms with Crippen LogP contribution >= 0.6 is 11.8 Å². The molecule has 3 aromatic rings. The molecule has 168 valence electrons. The van der Waals surface area contributed by atoms with Gasteiger partial charge in [0.2, 0.25) is 5.91 Å². The van der Waals surface area contributed by atoms with Gasteiger partial charge in [0.15, 0.2) is 11.0 Å². The Morgan fingerprint density at radius 2 is 1.72 bits per heavy atom. The van der Waals surface area contributed by atoms with Crippen LogP contribution in [-0.4, -0.2) is 40.1 Å². The van der Waals surface area contributed by atoms with Crippen LogP contribution in [0.3, 0.4) is 0 Å². The van der Waals surface area contributed by atoms with E-state index in [1.807, 2.05) is 35.8 Å². The number of aromatic nitrogens is 3. The summed E-state index contributed by atoms with van der Waals surface area (Å²) < 4.78 is 18.3. The molecule has 0 aliphatic carbocycles. The van der Waals surface area contributed by atoms with Crippen molar-refractivity contribution in [3.8, 4) is 17.2 Å². The molecular formula is C23H26N4O4S. The summed E-state index contributed by atoms with van der Waals surface area (Å²) in [4.78, 5) is 12.3. The molecule has 0 aliphatic rings. The molecule has 0 radical (unpaired) electrons. The average Bonchev–Trinajstić information content (AvgIpc) is 3.20. The van der Waals surface area contributed by atoms with Gasteiger partial charge >= 0.3 is 0 Å². The van der Waals surface area contributed by atoms with E-state index in [-0.39, 0.29) is 18.3 Å². The Kier molecular flexibility index (Phi) is 8.56. The Morgan fingerprint density at radius 1 is 1.06 bits per heavy atom. The number of benzene rings is 2. The topological polar surface area (TPSA) is 87.5 Å². The minimum atomic E-state index is -0.138. The van der Waals surface area contributed by atoms with Crippen molar-refractivity contribution in [1.29, 1.82) is 0 Å². The zero-order valence-electron chi connectivity index (χ0n) is 18.1. The maximum Gasteiger partial charge on any atom is 0.234 e. The molecule has 0 saturated heterocycles.